The van der Waals surface area contributed by atoms with Crippen molar-refractivity contribution in [3.63, 3.8) is 0 Å². The van der Waals surface area contributed by atoms with E-state index in [-0.39, 0.29) is 0 Å². The number of H-pyrrole nitrogens is 1. The minimum Gasteiger partial charge on any atom is -0.353 e. The molecule has 0 aliphatic carbocycles. The van der Waals surface area contributed by atoms with Crippen molar-refractivity contribution in [1.29, 1.82) is 0 Å². The Bertz CT molecular complexity index is 279. The Hall–Kier alpha value is -1.57. The third-order valence-electron chi connectivity index (χ3n) is 1.15. The van der Waals surface area contributed by atoms with Crippen LogP contribution in [0.5, 0.6) is 0 Å². The SMILES string of the molecule is c1nnc(NCc2nn[nH]n2)s1. The summed E-state index contributed by atoms with van der Waals surface area (Å²) in [6, 6.07) is 0. The molecule has 0 fully saturated rings. The van der Waals surface area contributed by atoms with Crippen LogP contribution in [0.25, 0.3) is 0 Å². The molecule has 2 aromatic rings. The molecule has 0 unspecified atom stereocenters. The number of hydrogen-bond donors (Lipinski definition) is 2. The van der Waals surface area contributed by atoms with Gasteiger partial charge in [0.15, 0.2) is 5.82 Å². The molecule has 2 N–H and O–H groups in total. The lowest BCUT2D eigenvalue weighted by Crippen LogP contribution is -2.00. The molecule has 0 aliphatic rings. The molecule has 0 saturated heterocycles. The van der Waals surface area contributed by atoms with Crippen LogP contribution in [0.15, 0.2) is 5.51 Å². The Morgan fingerprint density at radius 1 is 1.50 bits per heavy atom. The van der Waals surface area contributed by atoms with Gasteiger partial charge in [0, 0.05) is 0 Å². The predicted molar refractivity (Wildman–Crippen MR) is 41.4 cm³/mol. The molecule has 8 heteroatoms. The molecule has 0 radical (unpaired) electrons. The van der Waals surface area contributed by atoms with Crippen molar-refractivity contribution in [3.05, 3.63) is 11.3 Å². The zero-order chi connectivity index (χ0) is 8.23. The molecule has 0 spiro atoms. The summed E-state index contributed by atoms with van der Waals surface area (Å²) in [7, 11) is 0. The highest BCUT2D eigenvalue weighted by molar-refractivity contribution is 7.13. The van der Waals surface area contributed by atoms with E-state index >= 15 is 0 Å². The minimum atomic E-state index is 0.506. The summed E-state index contributed by atoms with van der Waals surface area (Å²) in [5, 5.41) is 24.5. The average molecular weight is 183 g/mol. The largest absolute Gasteiger partial charge is 0.353 e. The molecule has 0 saturated carbocycles. The Labute approximate surface area is 71.2 Å². The van der Waals surface area contributed by atoms with Gasteiger partial charge < -0.3 is 5.32 Å². The fraction of sp³-hybridized carbons (Fsp3) is 0.250. The highest BCUT2D eigenvalue weighted by Gasteiger charge is 1.98. The van der Waals surface area contributed by atoms with Gasteiger partial charge in [0.25, 0.3) is 0 Å². The number of rotatable bonds is 3. The molecular formula is C4H5N7S. The first kappa shape index (κ1) is 7.10. The monoisotopic (exact) mass is 183 g/mol. The van der Waals surface area contributed by atoms with E-state index in [1.807, 2.05) is 0 Å². The highest BCUT2D eigenvalue weighted by Crippen LogP contribution is 2.07. The predicted octanol–water partition coefficient (Wildman–Crippen LogP) is -0.337. The molecule has 0 amide bonds. The van der Waals surface area contributed by atoms with Crippen molar-refractivity contribution in [2.24, 2.45) is 0 Å². The first-order chi connectivity index (χ1) is 5.95. The Balaban J connectivity index is 1.91. The number of anilines is 1. The van der Waals surface area contributed by atoms with Gasteiger partial charge in [-0.2, -0.15) is 5.21 Å². The second kappa shape index (κ2) is 3.22. The molecule has 2 aromatic heterocycles. The Morgan fingerprint density at radius 2 is 2.50 bits per heavy atom. The van der Waals surface area contributed by atoms with Crippen LogP contribution < -0.4 is 5.32 Å². The van der Waals surface area contributed by atoms with Gasteiger partial charge in [0.2, 0.25) is 5.13 Å². The second-order valence-corrected chi connectivity index (χ2v) is 2.76. The van der Waals surface area contributed by atoms with Crippen molar-refractivity contribution in [2.75, 3.05) is 5.32 Å². The van der Waals surface area contributed by atoms with E-state index < -0.39 is 0 Å². The summed E-state index contributed by atoms with van der Waals surface area (Å²) in [5.41, 5.74) is 1.65. The Morgan fingerprint density at radius 3 is 3.17 bits per heavy atom. The smallest absolute Gasteiger partial charge is 0.205 e. The molecule has 12 heavy (non-hydrogen) atoms. The maximum atomic E-state index is 3.79. The fourth-order valence-electron chi connectivity index (χ4n) is 0.662. The summed E-state index contributed by atoms with van der Waals surface area (Å²) in [6.07, 6.45) is 0. The van der Waals surface area contributed by atoms with Crippen LogP contribution in [0, 0.1) is 0 Å². The van der Waals surface area contributed by atoms with Gasteiger partial charge in [-0.15, -0.1) is 20.4 Å². The standard InChI is InChI=1S/C4H5N7S/c1(3-7-10-11-8-3)5-4-9-6-2-12-4/h2H,1H2,(H,5,9)(H,7,8,10,11). The van der Waals surface area contributed by atoms with Crippen molar-refractivity contribution in [1.82, 2.24) is 30.8 Å². The quantitative estimate of drug-likeness (QED) is 0.676. The van der Waals surface area contributed by atoms with Crippen molar-refractivity contribution < 1.29 is 0 Å². The molecular weight excluding hydrogens is 178 g/mol. The molecule has 0 aliphatic heterocycles. The number of tetrazole rings is 1. The lowest BCUT2D eigenvalue weighted by Gasteiger charge is -1.93. The van der Waals surface area contributed by atoms with Crippen molar-refractivity contribution in [2.45, 2.75) is 6.54 Å². The normalized spacial score (nSPS) is 10.0. The molecule has 2 heterocycles. The van der Waals surface area contributed by atoms with Gasteiger partial charge >= 0.3 is 0 Å². The zero-order valence-corrected chi connectivity index (χ0v) is 6.75. The van der Waals surface area contributed by atoms with Gasteiger partial charge in [-0.05, 0) is 0 Å². The van der Waals surface area contributed by atoms with E-state index in [1.54, 1.807) is 5.51 Å². The van der Waals surface area contributed by atoms with Gasteiger partial charge in [0.05, 0.1) is 6.54 Å². The van der Waals surface area contributed by atoms with Crippen molar-refractivity contribution >= 4 is 16.5 Å². The lowest BCUT2D eigenvalue weighted by atomic mass is 10.6. The number of aromatic nitrogens is 6. The summed E-state index contributed by atoms with van der Waals surface area (Å²) in [4.78, 5) is 0. The van der Waals surface area contributed by atoms with Gasteiger partial charge in [-0.1, -0.05) is 16.6 Å². The van der Waals surface area contributed by atoms with E-state index in [0.717, 1.165) is 5.13 Å². The van der Waals surface area contributed by atoms with E-state index in [4.69, 9.17) is 0 Å². The number of hydrogen-bond acceptors (Lipinski definition) is 7. The van der Waals surface area contributed by atoms with Crippen LogP contribution in [0.2, 0.25) is 0 Å². The highest BCUT2D eigenvalue weighted by atomic mass is 32.1. The molecule has 62 valence electrons. The number of nitrogens with one attached hydrogen (secondary N) is 2. The van der Waals surface area contributed by atoms with Crippen LogP contribution in [-0.4, -0.2) is 30.8 Å². The maximum Gasteiger partial charge on any atom is 0.205 e. The first-order valence-electron chi connectivity index (χ1n) is 3.17. The van der Waals surface area contributed by atoms with Crippen LogP contribution in [0.4, 0.5) is 5.13 Å². The van der Waals surface area contributed by atoms with E-state index in [9.17, 15) is 0 Å². The van der Waals surface area contributed by atoms with Crippen molar-refractivity contribution in [3.8, 4) is 0 Å². The van der Waals surface area contributed by atoms with E-state index in [1.165, 1.54) is 11.3 Å². The Kier molecular flexibility index (Phi) is 1.90. The molecule has 0 atom stereocenters. The molecule has 2 rings (SSSR count). The number of aromatic amines is 1. The summed E-state index contributed by atoms with van der Waals surface area (Å²) in [6.45, 7) is 0.506. The minimum absolute atomic E-state index is 0.506. The van der Waals surface area contributed by atoms with Gasteiger partial charge in [-0.3, -0.25) is 0 Å². The third kappa shape index (κ3) is 1.53. The third-order valence-corrected chi connectivity index (χ3v) is 1.80. The number of nitrogens with zero attached hydrogens (tertiary/aromatic N) is 5. The zero-order valence-electron chi connectivity index (χ0n) is 5.93. The molecule has 0 bridgehead atoms. The molecule has 7 nitrogen and oxygen atoms in total. The van der Waals surface area contributed by atoms with Crippen LogP contribution in [0.1, 0.15) is 5.82 Å². The lowest BCUT2D eigenvalue weighted by molar-refractivity contribution is 0.881. The van der Waals surface area contributed by atoms with E-state index in [2.05, 4.69) is 36.1 Å². The van der Waals surface area contributed by atoms with Crippen LogP contribution in [-0.2, 0) is 6.54 Å². The molecule has 0 aromatic carbocycles. The van der Waals surface area contributed by atoms with Crippen LogP contribution >= 0.6 is 11.3 Å². The fourth-order valence-corrected chi connectivity index (χ4v) is 1.11. The maximum absolute atomic E-state index is 3.79. The summed E-state index contributed by atoms with van der Waals surface area (Å²) in [5.74, 6) is 0.602. The van der Waals surface area contributed by atoms with Crippen LogP contribution in [0.3, 0.4) is 0 Å². The summed E-state index contributed by atoms with van der Waals surface area (Å²) >= 11 is 1.43. The first-order valence-corrected chi connectivity index (χ1v) is 4.05. The van der Waals surface area contributed by atoms with Gasteiger partial charge in [-0.25, -0.2) is 0 Å². The van der Waals surface area contributed by atoms with Gasteiger partial charge in [0.1, 0.15) is 5.51 Å². The summed E-state index contributed by atoms with van der Waals surface area (Å²) < 4.78 is 0. The topological polar surface area (TPSA) is 92.3 Å². The van der Waals surface area contributed by atoms with E-state index in [0.29, 0.717) is 12.4 Å². The second-order valence-electron chi connectivity index (χ2n) is 1.93. The average Bonchev–Trinajstić information content (AvgIpc) is 2.74.